The van der Waals surface area contributed by atoms with E-state index in [1.54, 1.807) is 7.11 Å². The molecule has 1 N–H and O–H groups in total. The number of carbonyl (C=O) groups is 1. The lowest BCUT2D eigenvalue weighted by atomic mass is 10.0. The van der Waals surface area contributed by atoms with Crippen LogP contribution in [0.25, 0.3) is 0 Å². The number of hydrogen-bond donors (Lipinski definition) is 1. The van der Waals surface area contributed by atoms with Crippen LogP contribution in [0.5, 0.6) is 5.75 Å². The van der Waals surface area contributed by atoms with Crippen molar-refractivity contribution in [3.63, 3.8) is 0 Å². The molecule has 1 aromatic rings. The third-order valence-electron chi connectivity index (χ3n) is 3.54. The van der Waals surface area contributed by atoms with Crippen LogP contribution in [0.3, 0.4) is 0 Å². The third kappa shape index (κ3) is 2.55. The molecule has 0 aromatic heterocycles. The molecule has 4 heteroatoms. The molecule has 0 unspecified atom stereocenters. The van der Waals surface area contributed by atoms with E-state index in [4.69, 9.17) is 10.00 Å². The highest BCUT2D eigenvalue weighted by Crippen LogP contribution is 2.46. The average molecular weight is 258 g/mol. The van der Waals surface area contributed by atoms with Crippen LogP contribution in [-0.4, -0.2) is 13.0 Å². The van der Waals surface area contributed by atoms with Crippen LogP contribution in [0, 0.1) is 16.7 Å². The summed E-state index contributed by atoms with van der Waals surface area (Å²) < 4.78 is 5.25. The summed E-state index contributed by atoms with van der Waals surface area (Å²) in [6.45, 7) is 4.18. The van der Waals surface area contributed by atoms with Gasteiger partial charge in [0.25, 0.3) is 0 Å². The first-order valence-electron chi connectivity index (χ1n) is 6.43. The van der Waals surface area contributed by atoms with E-state index in [0.29, 0.717) is 30.2 Å². The lowest BCUT2D eigenvalue weighted by Gasteiger charge is -2.15. The van der Waals surface area contributed by atoms with Gasteiger partial charge in [-0.25, -0.2) is 0 Å². The summed E-state index contributed by atoms with van der Waals surface area (Å²) >= 11 is 0. The monoisotopic (exact) mass is 258 g/mol. The number of nitrogens with zero attached hydrogens (tertiary/aromatic N) is 1. The number of hydrogen-bond acceptors (Lipinski definition) is 3. The number of benzene rings is 1. The zero-order valence-electron chi connectivity index (χ0n) is 11.5. The van der Waals surface area contributed by atoms with Gasteiger partial charge in [0.2, 0.25) is 5.91 Å². The van der Waals surface area contributed by atoms with Crippen LogP contribution in [-0.2, 0) is 4.79 Å². The zero-order chi connectivity index (χ0) is 14.0. The van der Waals surface area contributed by atoms with E-state index in [-0.39, 0.29) is 5.91 Å². The average Bonchev–Trinajstić information content (AvgIpc) is 3.19. The largest absolute Gasteiger partial charge is 0.495 e. The smallest absolute Gasteiger partial charge is 0.244 e. The lowest BCUT2D eigenvalue weighted by Crippen LogP contribution is -2.23. The maximum absolute atomic E-state index is 12.1. The van der Waals surface area contributed by atoms with Crippen LogP contribution in [0.1, 0.15) is 38.2 Å². The number of anilines is 1. The van der Waals surface area contributed by atoms with Gasteiger partial charge in [-0.1, -0.05) is 19.9 Å². The van der Waals surface area contributed by atoms with Gasteiger partial charge in [-0.2, -0.15) is 5.26 Å². The summed E-state index contributed by atoms with van der Waals surface area (Å²) in [6, 6.07) is 7.83. The highest BCUT2D eigenvalue weighted by molar-refractivity contribution is 6.00. The Labute approximate surface area is 113 Å². The first-order chi connectivity index (χ1) is 9.02. The van der Waals surface area contributed by atoms with Crippen LogP contribution in [0.4, 0.5) is 5.69 Å². The second-order valence-corrected chi connectivity index (χ2v) is 5.26. The fraction of sp³-hybridized carbons (Fsp3) is 0.467. The number of methoxy groups -OCH3 is 1. The maximum atomic E-state index is 12.1. The van der Waals surface area contributed by atoms with Gasteiger partial charge in [0.1, 0.15) is 11.2 Å². The number of ether oxygens (including phenoxy) is 1. The minimum absolute atomic E-state index is 0.228. The number of carbonyl (C=O) groups excluding carboxylic acids is 1. The van der Waals surface area contributed by atoms with Gasteiger partial charge in [-0.3, -0.25) is 4.79 Å². The molecule has 0 atom stereocenters. The van der Waals surface area contributed by atoms with E-state index >= 15 is 0 Å². The van der Waals surface area contributed by atoms with Crippen LogP contribution >= 0.6 is 0 Å². The summed E-state index contributed by atoms with van der Waals surface area (Å²) in [5.41, 5.74) is 0.942. The molecular formula is C15H18N2O2. The Morgan fingerprint density at radius 2 is 2.16 bits per heavy atom. The number of rotatable bonds is 4. The summed E-state index contributed by atoms with van der Waals surface area (Å²) in [6.07, 6.45) is 1.28. The van der Waals surface area contributed by atoms with Crippen molar-refractivity contribution < 1.29 is 9.53 Å². The van der Waals surface area contributed by atoms with E-state index in [2.05, 4.69) is 25.2 Å². The molecule has 100 valence electrons. The molecule has 1 aromatic carbocycles. The highest BCUT2D eigenvalue weighted by atomic mass is 16.5. The normalized spacial score (nSPS) is 15.7. The minimum Gasteiger partial charge on any atom is -0.495 e. The Hall–Kier alpha value is -2.02. The Bertz CT molecular complexity index is 540. The van der Waals surface area contributed by atoms with E-state index in [0.717, 1.165) is 5.56 Å². The second-order valence-electron chi connectivity index (χ2n) is 5.26. The standard InChI is InChI=1S/C15H18N2O2/c1-10(2)11-4-5-13(19-3)12(8-11)17-14(18)15(9-16)6-7-15/h4-5,8,10H,6-7H2,1-3H3,(H,17,18). The molecule has 1 aliphatic rings. The van der Waals surface area contributed by atoms with Crippen molar-refractivity contribution in [2.45, 2.75) is 32.6 Å². The minimum atomic E-state index is -0.821. The molecular weight excluding hydrogens is 240 g/mol. The molecule has 0 radical (unpaired) electrons. The van der Waals surface area contributed by atoms with Gasteiger partial charge in [0.15, 0.2) is 0 Å². The molecule has 19 heavy (non-hydrogen) atoms. The van der Waals surface area contributed by atoms with E-state index in [9.17, 15) is 4.79 Å². The second kappa shape index (κ2) is 4.93. The van der Waals surface area contributed by atoms with E-state index in [1.165, 1.54) is 0 Å². The topological polar surface area (TPSA) is 62.1 Å². The molecule has 1 fully saturated rings. The van der Waals surface area contributed by atoms with Crippen molar-refractivity contribution in [1.82, 2.24) is 0 Å². The molecule has 0 bridgehead atoms. The van der Waals surface area contributed by atoms with Gasteiger partial charge >= 0.3 is 0 Å². The zero-order valence-corrected chi connectivity index (χ0v) is 11.5. The van der Waals surface area contributed by atoms with Crippen molar-refractivity contribution in [3.05, 3.63) is 23.8 Å². The van der Waals surface area contributed by atoms with Gasteiger partial charge in [-0.05, 0) is 36.5 Å². The van der Waals surface area contributed by atoms with Crippen LogP contribution < -0.4 is 10.1 Å². The summed E-state index contributed by atoms with van der Waals surface area (Å²) in [5.74, 6) is 0.758. The number of nitrogens with one attached hydrogen (secondary N) is 1. The van der Waals surface area contributed by atoms with Crippen LogP contribution in [0.2, 0.25) is 0 Å². The van der Waals surface area contributed by atoms with Gasteiger partial charge in [0, 0.05) is 0 Å². The molecule has 0 aliphatic heterocycles. The molecule has 0 saturated heterocycles. The van der Waals surface area contributed by atoms with Crippen molar-refractivity contribution in [1.29, 1.82) is 5.26 Å². The van der Waals surface area contributed by atoms with Crippen molar-refractivity contribution in [2.75, 3.05) is 12.4 Å². The van der Waals surface area contributed by atoms with Gasteiger partial charge in [-0.15, -0.1) is 0 Å². The van der Waals surface area contributed by atoms with Gasteiger partial charge < -0.3 is 10.1 Å². The molecule has 1 aliphatic carbocycles. The Balaban J connectivity index is 2.26. The lowest BCUT2D eigenvalue weighted by molar-refractivity contribution is -0.119. The highest BCUT2D eigenvalue weighted by Gasteiger charge is 2.50. The van der Waals surface area contributed by atoms with Gasteiger partial charge in [0.05, 0.1) is 18.9 Å². The van der Waals surface area contributed by atoms with Crippen molar-refractivity contribution in [3.8, 4) is 11.8 Å². The molecule has 0 heterocycles. The molecule has 2 rings (SSSR count). The Morgan fingerprint density at radius 1 is 1.47 bits per heavy atom. The summed E-state index contributed by atoms with van der Waals surface area (Å²) in [5, 5.41) is 11.9. The third-order valence-corrected chi connectivity index (χ3v) is 3.54. The molecule has 1 saturated carbocycles. The SMILES string of the molecule is COc1ccc(C(C)C)cc1NC(=O)C1(C#N)CC1. The first kappa shape index (κ1) is 13.4. The summed E-state index contributed by atoms with van der Waals surface area (Å²) in [7, 11) is 1.57. The number of nitriles is 1. The Kier molecular flexibility index (Phi) is 3.48. The Morgan fingerprint density at radius 3 is 2.63 bits per heavy atom. The fourth-order valence-corrected chi connectivity index (χ4v) is 1.94. The predicted octanol–water partition coefficient (Wildman–Crippen LogP) is 3.06. The molecule has 1 amide bonds. The van der Waals surface area contributed by atoms with E-state index in [1.807, 2.05) is 18.2 Å². The van der Waals surface area contributed by atoms with E-state index < -0.39 is 5.41 Å². The first-order valence-corrected chi connectivity index (χ1v) is 6.43. The van der Waals surface area contributed by atoms with Crippen LogP contribution in [0.15, 0.2) is 18.2 Å². The van der Waals surface area contributed by atoms with Crippen molar-refractivity contribution in [2.24, 2.45) is 5.41 Å². The quantitative estimate of drug-likeness (QED) is 0.902. The summed E-state index contributed by atoms with van der Waals surface area (Å²) in [4.78, 5) is 12.1. The molecule has 4 nitrogen and oxygen atoms in total. The fourth-order valence-electron chi connectivity index (χ4n) is 1.94. The number of amides is 1. The molecule has 0 spiro atoms. The predicted molar refractivity (Wildman–Crippen MR) is 73.0 cm³/mol. The van der Waals surface area contributed by atoms with Crippen molar-refractivity contribution >= 4 is 11.6 Å². The maximum Gasteiger partial charge on any atom is 0.244 e.